The fourth-order valence-electron chi connectivity index (χ4n) is 4.15. The van der Waals surface area contributed by atoms with Gasteiger partial charge in [-0.15, -0.1) is 0 Å². The largest absolute Gasteiger partial charge is 0.488 e. The van der Waals surface area contributed by atoms with Crippen molar-refractivity contribution in [3.05, 3.63) is 28.8 Å². The maximum atomic E-state index is 9.21. The first-order chi connectivity index (χ1) is 9.38. The molecule has 20 heavy (non-hydrogen) atoms. The molecule has 2 aliphatic carbocycles. The van der Waals surface area contributed by atoms with Gasteiger partial charge in [-0.3, -0.25) is 0 Å². The smallest absolute Gasteiger partial charge is 0.138 e. The highest BCUT2D eigenvalue weighted by molar-refractivity contribution is 6.30. The van der Waals surface area contributed by atoms with Gasteiger partial charge in [-0.05, 0) is 42.7 Å². The Hall–Kier alpha value is -1.20. The summed E-state index contributed by atoms with van der Waals surface area (Å²) in [5.41, 5.74) is 1.06. The minimum Gasteiger partial charge on any atom is -0.488 e. The van der Waals surface area contributed by atoms with E-state index in [1.54, 1.807) is 18.2 Å². The molecule has 106 valence electrons. The monoisotopic (exact) mass is 289 g/mol. The van der Waals surface area contributed by atoms with Gasteiger partial charge in [0.05, 0.1) is 5.56 Å². The van der Waals surface area contributed by atoms with Crippen LogP contribution in [-0.2, 0) is 0 Å². The van der Waals surface area contributed by atoms with Crippen molar-refractivity contribution in [2.45, 2.75) is 46.1 Å². The maximum Gasteiger partial charge on any atom is 0.138 e. The van der Waals surface area contributed by atoms with E-state index in [1.807, 2.05) is 0 Å². The zero-order valence-corrected chi connectivity index (χ0v) is 13.0. The lowest BCUT2D eigenvalue weighted by molar-refractivity contribution is 0.0300. The second-order valence-corrected chi connectivity index (χ2v) is 7.41. The van der Waals surface area contributed by atoms with E-state index < -0.39 is 0 Å². The second kappa shape index (κ2) is 4.40. The minimum absolute atomic E-state index is 0.182. The number of nitrogens with zero attached hydrogens (tertiary/aromatic N) is 1. The molecule has 0 aromatic heterocycles. The van der Waals surface area contributed by atoms with Crippen LogP contribution in [0.1, 0.15) is 45.6 Å². The number of nitriles is 1. The van der Waals surface area contributed by atoms with Gasteiger partial charge in [0.15, 0.2) is 0 Å². The normalized spacial score (nSPS) is 34.0. The van der Waals surface area contributed by atoms with E-state index >= 15 is 0 Å². The Labute approximate surface area is 125 Å². The molecule has 3 unspecified atom stereocenters. The van der Waals surface area contributed by atoms with Crippen LogP contribution in [-0.4, -0.2) is 6.10 Å². The van der Waals surface area contributed by atoms with Gasteiger partial charge in [-0.2, -0.15) is 5.26 Å². The molecular formula is C17H20ClNO. The molecule has 2 fully saturated rings. The van der Waals surface area contributed by atoms with E-state index in [0.717, 1.165) is 12.3 Å². The first kappa shape index (κ1) is 13.8. The van der Waals surface area contributed by atoms with Crippen molar-refractivity contribution in [2.75, 3.05) is 0 Å². The Morgan fingerprint density at radius 1 is 1.35 bits per heavy atom. The van der Waals surface area contributed by atoms with Crippen LogP contribution in [0.4, 0.5) is 0 Å². The number of fused-ring (bicyclic) bond motifs is 2. The van der Waals surface area contributed by atoms with Crippen molar-refractivity contribution in [1.82, 2.24) is 0 Å². The zero-order valence-electron chi connectivity index (χ0n) is 12.2. The SMILES string of the molecule is CC1(C)C2CCC1(C)C(Oc1cc(Cl)ccc1C#N)C2. The first-order valence-corrected chi connectivity index (χ1v) is 7.62. The fourth-order valence-corrected chi connectivity index (χ4v) is 4.31. The number of ether oxygens (including phenoxy) is 1. The van der Waals surface area contributed by atoms with Gasteiger partial charge in [0.1, 0.15) is 17.9 Å². The highest BCUT2D eigenvalue weighted by atomic mass is 35.5. The van der Waals surface area contributed by atoms with Crippen molar-refractivity contribution in [1.29, 1.82) is 5.26 Å². The summed E-state index contributed by atoms with van der Waals surface area (Å²) in [5, 5.41) is 9.83. The van der Waals surface area contributed by atoms with Crippen LogP contribution in [0, 0.1) is 28.1 Å². The molecule has 1 aromatic rings. The van der Waals surface area contributed by atoms with Crippen LogP contribution in [0.25, 0.3) is 0 Å². The van der Waals surface area contributed by atoms with E-state index in [0.29, 0.717) is 21.8 Å². The second-order valence-electron chi connectivity index (χ2n) is 6.97. The van der Waals surface area contributed by atoms with Gasteiger partial charge >= 0.3 is 0 Å². The lowest BCUT2D eigenvalue weighted by Gasteiger charge is -2.39. The van der Waals surface area contributed by atoms with E-state index in [1.165, 1.54) is 12.8 Å². The van der Waals surface area contributed by atoms with Gasteiger partial charge in [0.2, 0.25) is 0 Å². The molecule has 3 heteroatoms. The van der Waals surface area contributed by atoms with Gasteiger partial charge in [0.25, 0.3) is 0 Å². The summed E-state index contributed by atoms with van der Waals surface area (Å²) >= 11 is 6.04. The molecule has 0 amide bonds. The molecule has 0 aliphatic heterocycles. The number of halogens is 1. The molecule has 1 aromatic carbocycles. The molecule has 2 saturated carbocycles. The average molecular weight is 290 g/mol. The number of rotatable bonds is 2. The molecular weight excluding hydrogens is 270 g/mol. The quantitative estimate of drug-likeness (QED) is 0.783. The van der Waals surface area contributed by atoms with Gasteiger partial charge in [0, 0.05) is 16.5 Å². The lowest BCUT2D eigenvalue weighted by Crippen LogP contribution is -2.39. The third-order valence-electron chi connectivity index (χ3n) is 6.05. The van der Waals surface area contributed by atoms with Crippen LogP contribution < -0.4 is 4.74 Å². The summed E-state index contributed by atoms with van der Waals surface area (Å²) < 4.78 is 6.24. The molecule has 3 atom stereocenters. The van der Waals surface area contributed by atoms with Crippen LogP contribution in [0.3, 0.4) is 0 Å². The van der Waals surface area contributed by atoms with Crippen molar-refractivity contribution in [2.24, 2.45) is 16.7 Å². The Morgan fingerprint density at radius 3 is 2.65 bits per heavy atom. The first-order valence-electron chi connectivity index (χ1n) is 7.25. The summed E-state index contributed by atoms with van der Waals surface area (Å²) in [6.45, 7) is 7.05. The van der Waals surface area contributed by atoms with E-state index in [-0.39, 0.29) is 11.5 Å². The molecule has 3 rings (SSSR count). The summed E-state index contributed by atoms with van der Waals surface area (Å²) in [6, 6.07) is 7.43. The molecule has 0 heterocycles. The molecule has 0 saturated heterocycles. The van der Waals surface area contributed by atoms with E-state index in [4.69, 9.17) is 16.3 Å². The molecule has 0 N–H and O–H groups in total. The van der Waals surface area contributed by atoms with Gasteiger partial charge < -0.3 is 4.74 Å². The van der Waals surface area contributed by atoms with Crippen molar-refractivity contribution >= 4 is 11.6 Å². The van der Waals surface area contributed by atoms with Gasteiger partial charge in [-0.25, -0.2) is 0 Å². The van der Waals surface area contributed by atoms with E-state index in [2.05, 4.69) is 26.8 Å². The molecule has 2 aliphatic rings. The number of benzene rings is 1. The van der Waals surface area contributed by atoms with E-state index in [9.17, 15) is 5.26 Å². The average Bonchev–Trinajstić information content (AvgIpc) is 2.72. The molecule has 0 spiro atoms. The van der Waals surface area contributed by atoms with Crippen molar-refractivity contribution < 1.29 is 4.74 Å². The summed E-state index contributed by atoms with van der Waals surface area (Å²) in [4.78, 5) is 0. The Kier molecular flexibility index (Phi) is 3.03. The predicted octanol–water partition coefficient (Wildman–Crippen LogP) is 4.81. The fraction of sp³-hybridized carbons (Fsp3) is 0.588. The molecule has 0 radical (unpaired) electrons. The van der Waals surface area contributed by atoms with Crippen LogP contribution in [0.2, 0.25) is 5.02 Å². The zero-order chi connectivity index (χ0) is 14.5. The Morgan fingerprint density at radius 2 is 2.10 bits per heavy atom. The van der Waals surface area contributed by atoms with Crippen LogP contribution >= 0.6 is 11.6 Å². The van der Waals surface area contributed by atoms with Crippen LogP contribution in [0.5, 0.6) is 5.75 Å². The third kappa shape index (κ3) is 1.76. The number of hydrogen-bond donors (Lipinski definition) is 0. The Balaban J connectivity index is 1.91. The van der Waals surface area contributed by atoms with Crippen molar-refractivity contribution in [3.8, 4) is 11.8 Å². The standard InChI is InChI=1S/C17H20ClNO/c1-16(2)12-6-7-17(16,3)15(8-12)20-14-9-13(18)5-4-11(14)10-19/h4-5,9,12,15H,6-8H2,1-3H3. The minimum atomic E-state index is 0.182. The highest BCUT2D eigenvalue weighted by Gasteiger charge is 2.62. The topological polar surface area (TPSA) is 33.0 Å². The Bertz CT molecular complexity index is 589. The van der Waals surface area contributed by atoms with Crippen LogP contribution in [0.15, 0.2) is 18.2 Å². The predicted molar refractivity (Wildman–Crippen MR) is 79.8 cm³/mol. The van der Waals surface area contributed by atoms with Crippen molar-refractivity contribution in [3.63, 3.8) is 0 Å². The molecule has 2 nitrogen and oxygen atoms in total. The maximum absolute atomic E-state index is 9.21. The van der Waals surface area contributed by atoms with Gasteiger partial charge in [-0.1, -0.05) is 32.4 Å². The lowest BCUT2D eigenvalue weighted by atomic mass is 9.70. The summed E-state index contributed by atoms with van der Waals surface area (Å²) in [6.07, 6.45) is 3.77. The highest BCUT2D eigenvalue weighted by Crippen LogP contribution is 2.66. The third-order valence-corrected chi connectivity index (χ3v) is 6.28. The summed E-state index contributed by atoms with van der Waals surface area (Å²) in [7, 11) is 0. The molecule has 2 bridgehead atoms. The summed E-state index contributed by atoms with van der Waals surface area (Å²) in [5.74, 6) is 1.36. The number of hydrogen-bond acceptors (Lipinski definition) is 2.